The summed E-state index contributed by atoms with van der Waals surface area (Å²) in [6, 6.07) is 0. The molecule has 3 unspecified atom stereocenters. The lowest BCUT2D eigenvalue weighted by Crippen LogP contribution is -2.10. The SMILES string of the molecule is CCC(C)C=C(C)CCCC(C)C=C(C)C=C(C)CC(C)c1oc(=O)c(C)c(O)c1C. The van der Waals surface area contributed by atoms with Crippen molar-refractivity contribution in [3.63, 3.8) is 0 Å². The van der Waals surface area contributed by atoms with Crippen LogP contribution in [0.1, 0.15) is 103 Å². The molecule has 0 amide bonds. The third-order valence-corrected chi connectivity index (χ3v) is 6.13. The second-order valence-corrected chi connectivity index (χ2v) is 9.63. The van der Waals surface area contributed by atoms with Gasteiger partial charge >= 0.3 is 5.63 Å². The Labute approximate surface area is 190 Å². The van der Waals surface area contributed by atoms with Crippen molar-refractivity contribution >= 4 is 0 Å². The molecule has 1 rings (SSSR count). The third kappa shape index (κ3) is 8.93. The first kappa shape index (κ1) is 27.0. The molecule has 174 valence electrons. The maximum atomic E-state index is 11.9. The first-order valence-electron chi connectivity index (χ1n) is 11.8. The minimum Gasteiger partial charge on any atom is -0.507 e. The number of hydrogen-bond donors (Lipinski definition) is 1. The number of aromatic hydroxyl groups is 1. The molecular weight excluding hydrogens is 384 g/mol. The van der Waals surface area contributed by atoms with Crippen LogP contribution < -0.4 is 5.63 Å². The summed E-state index contributed by atoms with van der Waals surface area (Å²) in [5.41, 5.74) is 4.51. The number of allylic oxidation sites excluding steroid dienone is 6. The van der Waals surface area contributed by atoms with E-state index in [1.807, 2.05) is 13.8 Å². The van der Waals surface area contributed by atoms with E-state index in [1.54, 1.807) is 6.92 Å². The first-order chi connectivity index (χ1) is 14.5. The Hall–Kier alpha value is -2.03. The highest BCUT2D eigenvalue weighted by atomic mass is 16.4. The number of hydrogen-bond acceptors (Lipinski definition) is 3. The smallest absolute Gasteiger partial charge is 0.342 e. The average molecular weight is 429 g/mol. The molecule has 3 atom stereocenters. The molecule has 3 heteroatoms. The van der Waals surface area contributed by atoms with Crippen LogP contribution in [0, 0.1) is 25.7 Å². The van der Waals surface area contributed by atoms with Crippen molar-refractivity contribution in [3.05, 3.63) is 62.3 Å². The molecule has 0 aliphatic carbocycles. The molecule has 0 aliphatic heterocycles. The fourth-order valence-electron chi connectivity index (χ4n) is 4.21. The normalized spacial score (nSPS) is 16.4. The topological polar surface area (TPSA) is 50.4 Å². The third-order valence-electron chi connectivity index (χ3n) is 6.13. The van der Waals surface area contributed by atoms with Crippen LogP contribution in [-0.2, 0) is 0 Å². The van der Waals surface area contributed by atoms with Crippen LogP contribution in [0.3, 0.4) is 0 Å². The molecule has 0 aliphatic rings. The summed E-state index contributed by atoms with van der Waals surface area (Å²) in [5, 5.41) is 10.2. The number of rotatable bonds is 11. The van der Waals surface area contributed by atoms with Gasteiger partial charge in [-0.3, -0.25) is 0 Å². The van der Waals surface area contributed by atoms with E-state index in [2.05, 4.69) is 59.8 Å². The van der Waals surface area contributed by atoms with Crippen LogP contribution in [0.4, 0.5) is 0 Å². The van der Waals surface area contributed by atoms with Crippen LogP contribution >= 0.6 is 0 Å². The Bertz CT molecular complexity index is 867. The second-order valence-electron chi connectivity index (χ2n) is 9.63. The predicted molar refractivity (Wildman–Crippen MR) is 133 cm³/mol. The van der Waals surface area contributed by atoms with E-state index in [0.29, 0.717) is 23.2 Å². The Morgan fingerprint density at radius 2 is 1.65 bits per heavy atom. The van der Waals surface area contributed by atoms with Crippen molar-refractivity contribution in [2.24, 2.45) is 11.8 Å². The molecule has 1 aromatic rings. The molecule has 1 aromatic heterocycles. The zero-order valence-electron chi connectivity index (χ0n) is 21.3. The fraction of sp³-hybridized carbons (Fsp3) is 0.607. The van der Waals surface area contributed by atoms with Gasteiger partial charge in [0.1, 0.15) is 11.5 Å². The van der Waals surface area contributed by atoms with E-state index in [1.165, 1.54) is 42.4 Å². The van der Waals surface area contributed by atoms with Crippen molar-refractivity contribution in [2.45, 2.75) is 100 Å². The highest BCUT2D eigenvalue weighted by Crippen LogP contribution is 2.31. The van der Waals surface area contributed by atoms with Gasteiger partial charge in [0.2, 0.25) is 0 Å². The molecule has 0 radical (unpaired) electrons. The summed E-state index contributed by atoms with van der Waals surface area (Å²) in [4.78, 5) is 11.9. The minimum atomic E-state index is -0.453. The lowest BCUT2D eigenvalue weighted by Gasteiger charge is -2.15. The molecule has 3 nitrogen and oxygen atoms in total. The molecule has 1 N–H and O–H groups in total. The molecule has 0 fully saturated rings. The summed E-state index contributed by atoms with van der Waals surface area (Å²) in [5.74, 6) is 1.89. The van der Waals surface area contributed by atoms with Crippen molar-refractivity contribution in [1.82, 2.24) is 0 Å². The van der Waals surface area contributed by atoms with Crippen LogP contribution in [0.5, 0.6) is 5.75 Å². The zero-order chi connectivity index (χ0) is 23.7. The first-order valence-corrected chi connectivity index (χ1v) is 11.8. The van der Waals surface area contributed by atoms with Gasteiger partial charge in [-0.1, -0.05) is 69.1 Å². The summed E-state index contributed by atoms with van der Waals surface area (Å²) < 4.78 is 5.48. The summed E-state index contributed by atoms with van der Waals surface area (Å²) in [6.45, 7) is 18.8. The van der Waals surface area contributed by atoms with E-state index < -0.39 is 5.63 Å². The zero-order valence-corrected chi connectivity index (χ0v) is 21.3. The fourth-order valence-corrected chi connectivity index (χ4v) is 4.21. The standard InChI is InChI=1S/C28H44O3/c1-10-18(2)14-19(3)12-11-13-20(4)15-21(5)16-22(6)17-23(7)27-24(8)26(29)25(9)28(30)31-27/h14-16,18,20,23,29H,10-13,17H2,1-9H3. The van der Waals surface area contributed by atoms with Gasteiger partial charge in [-0.2, -0.15) is 0 Å². The van der Waals surface area contributed by atoms with Gasteiger partial charge in [0, 0.05) is 11.5 Å². The van der Waals surface area contributed by atoms with Gasteiger partial charge in [-0.05, 0) is 72.1 Å². The molecule has 0 saturated carbocycles. The molecular formula is C28H44O3. The summed E-state index contributed by atoms with van der Waals surface area (Å²) in [6.07, 6.45) is 12.6. The van der Waals surface area contributed by atoms with Crippen LogP contribution in [-0.4, -0.2) is 5.11 Å². The van der Waals surface area contributed by atoms with Gasteiger partial charge in [0.25, 0.3) is 0 Å². The minimum absolute atomic E-state index is 0.0287. The van der Waals surface area contributed by atoms with Gasteiger partial charge in [0.05, 0.1) is 5.56 Å². The van der Waals surface area contributed by atoms with Gasteiger partial charge < -0.3 is 9.52 Å². The van der Waals surface area contributed by atoms with Crippen LogP contribution in [0.15, 0.2) is 44.2 Å². The van der Waals surface area contributed by atoms with Crippen molar-refractivity contribution in [2.75, 3.05) is 0 Å². The van der Waals surface area contributed by atoms with Gasteiger partial charge in [0.15, 0.2) is 0 Å². The van der Waals surface area contributed by atoms with Gasteiger partial charge in [-0.25, -0.2) is 4.79 Å². The van der Waals surface area contributed by atoms with E-state index in [4.69, 9.17) is 4.42 Å². The predicted octanol–water partition coefficient (Wildman–Crippen LogP) is 8.15. The van der Waals surface area contributed by atoms with Gasteiger partial charge in [-0.15, -0.1) is 0 Å². The monoisotopic (exact) mass is 428 g/mol. The molecule has 31 heavy (non-hydrogen) atoms. The molecule has 0 spiro atoms. The summed E-state index contributed by atoms with van der Waals surface area (Å²) >= 11 is 0. The molecule has 0 bridgehead atoms. The Morgan fingerprint density at radius 3 is 2.26 bits per heavy atom. The van der Waals surface area contributed by atoms with E-state index >= 15 is 0 Å². The molecule has 1 heterocycles. The molecule has 0 aromatic carbocycles. The maximum absolute atomic E-state index is 11.9. The highest BCUT2D eigenvalue weighted by molar-refractivity contribution is 5.39. The summed E-state index contributed by atoms with van der Waals surface area (Å²) in [7, 11) is 0. The van der Waals surface area contributed by atoms with Crippen LogP contribution in [0.2, 0.25) is 0 Å². The van der Waals surface area contributed by atoms with Crippen molar-refractivity contribution in [3.8, 4) is 5.75 Å². The van der Waals surface area contributed by atoms with Crippen LogP contribution in [0.25, 0.3) is 0 Å². The van der Waals surface area contributed by atoms with E-state index in [0.717, 1.165) is 6.42 Å². The Balaban J connectivity index is 2.69. The Kier molecular flexibility index (Phi) is 11.1. The average Bonchev–Trinajstić information content (AvgIpc) is 2.68. The molecule has 0 saturated heterocycles. The highest BCUT2D eigenvalue weighted by Gasteiger charge is 2.18. The largest absolute Gasteiger partial charge is 0.507 e. The van der Waals surface area contributed by atoms with Crippen molar-refractivity contribution in [1.29, 1.82) is 0 Å². The Morgan fingerprint density at radius 1 is 1.00 bits per heavy atom. The van der Waals surface area contributed by atoms with Crippen molar-refractivity contribution < 1.29 is 9.52 Å². The second kappa shape index (κ2) is 12.7. The van der Waals surface area contributed by atoms with E-state index in [-0.39, 0.29) is 17.2 Å². The van der Waals surface area contributed by atoms with E-state index in [9.17, 15) is 9.90 Å². The maximum Gasteiger partial charge on any atom is 0.342 e. The lowest BCUT2D eigenvalue weighted by atomic mass is 9.94. The quantitative estimate of drug-likeness (QED) is 0.286. The lowest BCUT2D eigenvalue weighted by molar-refractivity contribution is 0.392.